The molecule has 0 fully saturated rings. The summed E-state index contributed by atoms with van der Waals surface area (Å²) in [6, 6.07) is 3.44. The van der Waals surface area contributed by atoms with Crippen LogP contribution in [0.4, 0.5) is 11.4 Å². The van der Waals surface area contributed by atoms with Crippen LogP contribution in [0, 0.1) is 13.8 Å². The average molecular weight is 359 g/mol. The maximum atomic E-state index is 12.3. The number of aromatic nitrogens is 2. The van der Waals surface area contributed by atoms with Crippen molar-refractivity contribution in [1.82, 2.24) is 9.55 Å². The molecule has 0 amide bonds. The largest absolute Gasteiger partial charge is 0.397 e. The lowest BCUT2D eigenvalue weighted by atomic mass is 10.2. The van der Waals surface area contributed by atoms with Crippen LogP contribution in [0.15, 0.2) is 27.8 Å². The molecule has 8 heteroatoms. The summed E-state index contributed by atoms with van der Waals surface area (Å²) in [6.07, 6.45) is 1.46. The van der Waals surface area contributed by atoms with Crippen LogP contribution in [0.2, 0.25) is 0 Å². The van der Waals surface area contributed by atoms with Crippen LogP contribution >= 0.6 is 15.9 Å². The molecule has 0 atom stereocenters. The number of nitrogens with zero attached hydrogens (tertiary/aromatic N) is 2. The van der Waals surface area contributed by atoms with Crippen LogP contribution in [-0.2, 0) is 17.1 Å². The van der Waals surface area contributed by atoms with Crippen molar-refractivity contribution in [3.8, 4) is 0 Å². The fraction of sp³-hybridized carbons (Fsp3) is 0.250. The third-order valence-corrected chi connectivity index (χ3v) is 4.61. The van der Waals surface area contributed by atoms with Crippen molar-refractivity contribution in [3.63, 3.8) is 0 Å². The molecule has 0 aliphatic carbocycles. The van der Waals surface area contributed by atoms with Crippen molar-refractivity contribution in [1.29, 1.82) is 0 Å². The second-order valence-electron chi connectivity index (χ2n) is 4.53. The first-order valence-electron chi connectivity index (χ1n) is 5.79. The van der Waals surface area contributed by atoms with Crippen molar-refractivity contribution in [2.75, 3.05) is 10.5 Å². The van der Waals surface area contributed by atoms with Gasteiger partial charge in [-0.15, -0.1) is 0 Å². The fourth-order valence-corrected chi connectivity index (χ4v) is 3.54. The molecule has 20 heavy (non-hydrogen) atoms. The number of anilines is 2. The lowest BCUT2D eigenvalue weighted by Crippen LogP contribution is -2.15. The van der Waals surface area contributed by atoms with Gasteiger partial charge in [0.25, 0.3) is 10.0 Å². The van der Waals surface area contributed by atoms with Gasteiger partial charge in [-0.3, -0.25) is 4.72 Å². The van der Waals surface area contributed by atoms with Gasteiger partial charge in [-0.2, -0.15) is 8.42 Å². The summed E-state index contributed by atoms with van der Waals surface area (Å²) in [5, 5.41) is -0.0285. The Morgan fingerprint density at radius 3 is 2.50 bits per heavy atom. The highest BCUT2D eigenvalue weighted by molar-refractivity contribution is 9.10. The molecular formula is C12H15BrN4O2S. The minimum atomic E-state index is -3.75. The van der Waals surface area contributed by atoms with Gasteiger partial charge in [0, 0.05) is 17.7 Å². The third kappa shape index (κ3) is 2.80. The quantitative estimate of drug-likeness (QED) is 0.822. The molecule has 1 aromatic carbocycles. The lowest BCUT2D eigenvalue weighted by molar-refractivity contribution is 0.598. The number of nitrogen functional groups attached to an aromatic ring is 1. The van der Waals surface area contributed by atoms with Crippen LogP contribution in [0.5, 0.6) is 0 Å². The van der Waals surface area contributed by atoms with Crippen molar-refractivity contribution in [3.05, 3.63) is 34.2 Å². The predicted octanol–water partition coefficient (Wildman–Crippen LogP) is 2.18. The molecule has 3 N–H and O–H groups in total. The van der Waals surface area contributed by atoms with E-state index in [0.29, 0.717) is 17.2 Å². The van der Waals surface area contributed by atoms with E-state index < -0.39 is 10.0 Å². The van der Waals surface area contributed by atoms with Gasteiger partial charge in [-0.25, -0.2) is 4.98 Å². The second-order valence-corrected chi connectivity index (χ2v) is 7.07. The molecule has 0 saturated carbocycles. The zero-order chi connectivity index (χ0) is 15.1. The molecule has 2 aromatic rings. The Hall–Kier alpha value is -1.54. The molecule has 0 radical (unpaired) electrons. The molecular weight excluding hydrogens is 344 g/mol. The molecule has 1 heterocycles. The van der Waals surface area contributed by atoms with E-state index in [9.17, 15) is 8.42 Å². The molecule has 108 valence electrons. The van der Waals surface area contributed by atoms with E-state index in [1.807, 2.05) is 0 Å². The number of sulfonamides is 1. The van der Waals surface area contributed by atoms with Crippen molar-refractivity contribution >= 4 is 37.3 Å². The zero-order valence-electron chi connectivity index (χ0n) is 11.3. The summed E-state index contributed by atoms with van der Waals surface area (Å²) in [5.74, 6) is 0.617. The normalized spacial score (nSPS) is 11.6. The Morgan fingerprint density at radius 1 is 1.35 bits per heavy atom. The molecule has 0 unspecified atom stereocenters. The number of halogens is 1. The minimum Gasteiger partial charge on any atom is -0.397 e. The molecule has 0 aliphatic heterocycles. The highest BCUT2D eigenvalue weighted by atomic mass is 79.9. The van der Waals surface area contributed by atoms with Gasteiger partial charge in [-0.05, 0) is 31.5 Å². The first-order chi connectivity index (χ1) is 9.20. The van der Waals surface area contributed by atoms with Crippen LogP contribution in [0.3, 0.4) is 0 Å². The smallest absolute Gasteiger partial charge is 0.281 e. The van der Waals surface area contributed by atoms with Crippen LogP contribution in [0.25, 0.3) is 0 Å². The highest BCUT2D eigenvalue weighted by Gasteiger charge is 2.20. The Bertz CT molecular complexity index is 725. The molecule has 0 aliphatic rings. The van der Waals surface area contributed by atoms with E-state index in [1.54, 1.807) is 37.6 Å². The summed E-state index contributed by atoms with van der Waals surface area (Å²) in [7, 11) is -2.01. The topological polar surface area (TPSA) is 90.0 Å². The van der Waals surface area contributed by atoms with Gasteiger partial charge in [0.1, 0.15) is 5.82 Å². The van der Waals surface area contributed by atoms with E-state index in [-0.39, 0.29) is 5.03 Å². The van der Waals surface area contributed by atoms with Gasteiger partial charge in [0.2, 0.25) is 0 Å². The maximum Gasteiger partial charge on any atom is 0.281 e. The van der Waals surface area contributed by atoms with Crippen LogP contribution in [0.1, 0.15) is 11.4 Å². The van der Waals surface area contributed by atoms with Crippen LogP contribution in [-0.4, -0.2) is 18.0 Å². The molecule has 0 bridgehead atoms. The summed E-state index contributed by atoms with van der Waals surface area (Å²) < 4.78 is 29.5. The highest BCUT2D eigenvalue weighted by Crippen LogP contribution is 2.29. The number of rotatable bonds is 3. The molecule has 0 spiro atoms. The number of benzene rings is 1. The van der Waals surface area contributed by atoms with Gasteiger partial charge in [0.15, 0.2) is 5.03 Å². The lowest BCUT2D eigenvalue weighted by Gasteiger charge is -2.12. The number of aryl methyl sites for hydroxylation is 3. The molecule has 6 nitrogen and oxygen atoms in total. The van der Waals surface area contributed by atoms with Crippen molar-refractivity contribution in [2.45, 2.75) is 18.9 Å². The second kappa shape index (κ2) is 5.10. The van der Waals surface area contributed by atoms with Gasteiger partial charge >= 0.3 is 0 Å². The number of hydrogen-bond donors (Lipinski definition) is 2. The molecule has 1 aromatic heterocycles. The Labute approximate surface area is 126 Å². The Morgan fingerprint density at radius 2 is 2.00 bits per heavy atom. The molecule has 2 rings (SSSR count). The third-order valence-electron chi connectivity index (χ3n) is 2.93. The van der Waals surface area contributed by atoms with E-state index >= 15 is 0 Å². The number of nitrogens with two attached hydrogens (primary N) is 1. The Balaban J connectivity index is 2.43. The standard InChI is InChI=1S/C12H15BrN4O2S/c1-7-4-9(13)5-10(14)12(7)16-20(18,19)11-6-17(3)8(2)15-11/h4-6,16H,14H2,1-3H3. The first-order valence-corrected chi connectivity index (χ1v) is 8.07. The summed E-state index contributed by atoms with van der Waals surface area (Å²) in [4.78, 5) is 4.02. The first kappa shape index (κ1) is 14.9. The van der Waals surface area contributed by atoms with Crippen molar-refractivity contribution in [2.24, 2.45) is 7.05 Å². The Kier molecular flexibility index (Phi) is 3.79. The number of hydrogen-bond acceptors (Lipinski definition) is 4. The van der Waals surface area contributed by atoms with E-state index in [1.165, 1.54) is 6.20 Å². The number of nitrogens with one attached hydrogen (secondary N) is 1. The van der Waals surface area contributed by atoms with Gasteiger partial charge in [0.05, 0.1) is 11.4 Å². The summed E-state index contributed by atoms with van der Waals surface area (Å²) in [5.41, 5.74) is 7.32. The zero-order valence-corrected chi connectivity index (χ0v) is 13.7. The van der Waals surface area contributed by atoms with Crippen LogP contribution < -0.4 is 10.5 Å². The SMILES string of the molecule is Cc1cc(Br)cc(N)c1NS(=O)(=O)c1cn(C)c(C)n1. The monoisotopic (exact) mass is 358 g/mol. The van der Waals surface area contributed by atoms with Gasteiger partial charge in [-0.1, -0.05) is 15.9 Å². The van der Waals surface area contributed by atoms with E-state index in [4.69, 9.17) is 5.73 Å². The van der Waals surface area contributed by atoms with E-state index in [2.05, 4.69) is 25.6 Å². The molecule has 0 saturated heterocycles. The number of imidazole rings is 1. The van der Waals surface area contributed by atoms with Crippen molar-refractivity contribution < 1.29 is 8.42 Å². The van der Waals surface area contributed by atoms with E-state index in [0.717, 1.165) is 10.0 Å². The summed E-state index contributed by atoms with van der Waals surface area (Å²) in [6.45, 7) is 3.51. The summed E-state index contributed by atoms with van der Waals surface area (Å²) >= 11 is 3.31. The average Bonchev–Trinajstić information content (AvgIpc) is 2.65. The van der Waals surface area contributed by atoms with Gasteiger partial charge < -0.3 is 10.3 Å². The maximum absolute atomic E-state index is 12.3. The minimum absolute atomic E-state index is 0.0285. The fourth-order valence-electron chi connectivity index (χ4n) is 1.75. The predicted molar refractivity (Wildman–Crippen MR) is 82.0 cm³/mol.